The highest BCUT2D eigenvalue weighted by Gasteiger charge is 2.86. The van der Waals surface area contributed by atoms with Crippen LogP contribution >= 0.6 is 0 Å². The third-order valence-electron chi connectivity index (χ3n) is 9.79. The fourth-order valence-electron chi connectivity index (χ4n) is 8.05. The van der Waals surface area contributed by atoms with Gasteiger partial charge >= 0.3 is 11.9 Å². The largest absolute Gasteiger partial charge is 0.472 e. The van der Waals surface area contributed by atoms with Gasteiger partial charge in [-0.1, -0.05) is 13.0 Å². The maximum atomic E-state index is 14.2. The lowest BCUT2D eigenvalue weighted by Crippen LogP contribution is -2.70. The number of allylic oxidation sites excluding steroid dienone is 1. The van der Waals surface area contributed by atoms with E-state index in [1.54, 1.807) is 13.0 Å². The molecule has 3 heterocycles. The molecule has 1 aromatic rings. The van der Waals surface area contributed by atoms with Crippen molar-refractivity contribution < 1.29 is 37.8 Å². The van der Waals surface area contributed by atoms with E-state index in [1.807, 2.05) is 26.8 Å². The Balaban J connectivity index is 1.70. The lowest BCUT2D eigenvalue weighted by molar-refractivity contribution is -0.190. The maximum Gasteiger partial charge on any atom is 0.338 e. The summed E-state index contributed by atoms with van der Waals surface area (Å²) in [5.41, 5.74) is -4.86. The molecule has 0 bridgehead atoms. The predicted molar refractivity (Wildman–Crippen MR) is 122 cm³/mol. The van der Waals surface area contributed by atoms with Crippen molar-refractivity contribution in [3.8, 4) is 0 Å². The van der Waals surface area contributed by atoms with Gasteiger partial charge in [0.05, 0.1) is 29.8 Å². The Morgan fingerprint density at radius 2 is 1.80 bits per heavy atom. The molecular formula is C27H32O8. The highest BCUT2D eigenvalue weighted by Crippen LogP contribution is 2.75. The van der Waals surface area contributed by atoms with Crippen molar-refractivity contribution in [3.63, 3.8) is 0 Å². The van der Waals surface area contributed by atoms with Crippen LogP contribution in [0.3, 0.4) is 0 Å². The van der Waals surface area contributed by atoms with E-state index < -0.39 is 45.5 Å². The van der Waals surface area contributed by atoms with Crippen molar-refractivity contribution in [1.29, 1.82) is 0 Å². The van der Waals surface area contributed by atoms with E-state index in [-0.39, 0.29) is 29.8 Å². The Morgan fingerprint density at radius 3 is 2.43 bits per heavy atom. The molecule has 2 aliphatic carbocycles. The van der Waals surface area contributed by atoms with E-state index in [0.717, 1.165) is 0 Å². The molecule has 8 heteroatoms. The molecule has 7 atom stereocenters. The number of Topliss-reactive ketones (excluding diaryl/α,β-unsaturated/α-hetero) is 2. The summed E-state index contributed by atoms with van der Waals surface area (Å²) in [5.74, 6) is -1.95. The zero-order valence-corrected chi connectivity index (χ0v) is 21.0. The van der Waals surface area contributed by atoms with Crippen LogP contribution in [0.15, 0.2) is 35.2 Å². The molecular weight excluding hydrogens is 452 g/mol. The molecule has 0 amide bonds. The molecule has 3 fully saturated rings. The number of furan rings is 1. The highest BCUT2D eigenvalue weighted by molar-refractivity contribution is 6.04. The van der Waals surface area contributed by atoms with E-state index in [1.165, 1.54) is 25.7 Å². The molecule has 0 aromatic carbocycles. The number of fused-ring (bicyclic) bond motifs is 4. The van der Waals surface area contributed by atoms with Gasteiger partial charge in [-0.3, -0.25) is 9.59 Å². The lowest BCUT2D eigenvalue weighted by atomic mass is 9.38. The van der Waals surface area contributed by atoms with Crippen LogP contribution in [0.5, 0.6) is 0 Å². The first kappa shape index (κ1) is 24.0. The van der Waals surface area contributed by atoms with Crippen LogP contribution in [0.2, 0.25) is 0 Å². The average Bonchev–Trinajstić information content (AvgIpc) is 3.36. The van der Waals surface area contributed by atoms with E-state index in [9.17, 15) is 19.2 Å². The van der Waals surface area contributed by atoms with Crippen LogP contribution in [-0.2, 0) is 28.6 Å². The smallest absolute Gasteiger partial charge is 0.338 e. The number of hydrogen-bond acceptors (Lipinski definition) is 8. The predicted octanol–water partition coefficient (Wildman–Crippen LogP) is 3.68. The molecule has 0 radical (unpaired) electrons. The first-order valence-corrected chi connectivity index (χ1v) is 12.1. The third-order valence-corrected chi connectivity index (χ3v) is 9.79. The zero-order chi connectivity index (χ0) is 25.6. The summed E-state index contributed by atoms with van der Waals surface area (Å²) in [6.07, 6.45) is 6.12. The van der Waals surface area contributed by atoms with Gasteiger partial charge in [0.2, 0.25) is 0 Å². The molecule has 1 saturated heterocycles. The molecule has 1 aromatic heterocycles. The molecule has 35 heavy (non-hydrogen) atoms. The number of cyclic esters (lactones) is 1. The standard InChI is InChI=1S/C27H32O8/c1-23(2)17-13-18(28)26(5)16(24(17,3)10-8-19(29)34-23)7-11-25(4,20(30)15-9-12-33-14-15)27(26)21(35-27)22(31)32-6/h8-10,12,14,16-17,21H,7,11,13H2,1-6H3/t16?,17?,21-,24-,25+,26+,27-/m1/s1. The summed E-state index contributed by atoms with van der Waals surface area (Å²) in [4.78, 5) is 53.4. The van der Waals surface area contributed by atoms with Crippen molar-refractivity contribution >= 4 is 23.5 Å². The second-order valence-corrected chi connectivity index (χ2v) is 11.6. The van der Waals surface area contributed by atoms with E-state index >= 15 is 0 Å². The first-order valence-electron chi connectivity index (χ1n) is 12.1. The highest BCUT2D eigenvalue weighted by atomic mass is 16.7. The van der Waals surface area contributed by atoms with Gasteiger partial charge < -0.3 is 18.6 Å². The number of rotatable bonds is 3. The number of carbonyl (C=O) groups excluding carboxylic acids is 4. The SMILES string of the molecule is COC(=O)[C@H]1O[C@@]12[C@](C)(C(=O)c1ccoc1)CCC1[C@@]3(C)C=CC(=O)OC(C)(C)C3CC(=O)[C@]12C. The number of hydrogen-bond donors (Lipinski definition) is 0. The molecule has 0 N–H and O–H groups in total. The summed E-state index contributed by atoms with van der Waals surface area (Å²) in [7, 11) is 1.27. The van der Waals surface area contributed by atoms with Crippen LogP contribution in [0, 0.1) is 28.1 Å². The van der Waals surface area contributed by atoms with Crippen LogP contribution < -0.4 is 0 Å². The number of carbonyl (C=O) groups is 4. The molecule has 4 aliphatic rings. The number of methoxy groups -OCH3 is 1. The Labute approximate surface area is 204 Å². The second-order valence-electron chi connectivity index (χ2n) is 11.6. The summed E-state index contributed by atoms with van der Waals surface area (Å²) < 4.78 is 22.2. The molecule has 1 spiro atoms. The minimum Gasteiger partial charge on any atom is -0.472 e. The summed E-state index contributed by atoms with van der Waals surface area (Å²) in [6, 6.07) is 1.59. The molecule has 2 aliphatic heterocycles. The van der Waals surface area contributed by atoms with Crippen molar-refractivity contribution in [2.45, 2.75) is 71.2 Å². The zero-order valence-electron chi connectivity index (χ0n) is 21.0. The van der Waals surface area contributed by atoms with Gasteiger partial charge in [0.1, 0.15) is 23.2 Å². The van der Waals surface area contributed by atoms with Crippen LogP contribution in [0.1, 0.15) is 64.2 Å². The summed E-state index contributed by atoms with van der Waals surface area (Å²) in [6.45, 7) is 9.35. The van der Waals surface area contributed by atoms with Crippen molar-refractivity contribution in [3.05, 3.63) is 36.3 Å². The lowest BCUT2D eigenvalue weighted by Gasteiger charge is -2.63. The quantitative estimate of drug-likeness (QED) is 0.363. The van der Waals surface area contributed by atoms with E-state index in [4.69, 9.17) is 18.6 Å². The van der Waals surface area contributed by atoms with Gasteiger partial charge in [0, 0.05) is 18.4 Å². The summed E-state index contributed by atoms with van der Waals surface area (Å²) in [5, 5.41) is 0. The molecule has 2 saturated carbocycles. The molecule has 5 rings (SSSR count). The maximum absolute atomic E-state index is 14.2. The topological polar surface area (TPSA) is 112 Å². The van der Waals surface area contributed by atoms with Crippen LogP contribution in [0.25, 0.3) is 0 Å². The average molecular weight is 485 g/mol. The number of epoxide rings is 1. The molecule has 8 nitrogen and oxygen atoms in total. The number of esters is 2. The Kier molecular flexibility index (Phi) is 4.90. The fourth-order valence-corrected chi connectivity index (χ4v) is 8.05. The first-order chi connectivity index (χ1) is 16.3. The van der Waals surface area contributed by atoms with E-state index in [0.29, 0.717) is 18.4 Å². The van der Waals surface area contributed by atoms with Crippen LogP contribution in [0.4, 0.5) is 0 Å². The van der Waals surface area contributed by atoms with Crippen molar-refractivity contribution in [2.24, 2.45) is 28.1 Å². The molecule has 188 valence electrons. The van der Waals surface area contributed by atoms with Gasteiger partial charge in [0.25, 0.3) is 0 Å². The second kappa shape index (κ2) is 7.15. The monoisotopic (exact) mass is 484 g/mol. The van der Waals surface area contributed by atoms with Crippen molar-refractivity contribution in [1.82, 2.24) is 0 Å². The van der Waals surface area contributed by atoms with Gasteiger partial charge in [0.15, 0.2) is 11.9 Å². The third kappa shape index (κ3) is 2.77. The van der Waals surface area contributed by atoms with Gasteiger partial charge in [-0.2, -0.15) is 0 Å². The minimum atomic E-state index is -1.38. The van der Waals surface area contributed by atoms with Crippen molar-refractivity contribution in [2.75, 3.05) is 7.11 Å². The van der Waals surface area contributed by atoms with Crippen LogP contribution in [-0.4, -0.2) is 47.9 Å². The number of ketones is 2. The Bertz CT molecular complexity index is 1150. The number of ether oxygens (including phenoxy) is 3. The summed E-state index contributed by atoms with van der Waals surface area (Å²) >= 11 is 0. The van der Waals surface area contributed by atoms with Gasteiger partial charge in [-0.25, -0.2) is 9.59 Å². The Hall–Kier alpha value is -2.74. The fraction of sp³-hybridized carbons (Fsp3) is 0.630. The Morgan fingerprint density at radius 1 is 1.09 bits per heavy atom. The minimum absolute atomic E-state index is 0.0956. The molecule has 2 unspecified atom stereocenters. The van der Waals surface area contributed by atoms with Gasteiger partial charge in [-0.15, -0.1) is 0 Å². The normalized spacial score (nSPS) is 43.5. The van der Waals surface area contributed by atoms with E-state index in [2.05, 4.69) is 6.92 Å². The van der Waals surface area contributed by atoms with Gasteiger partial charge in [-0.05, 0) is 57.9 Å².